The number of piperazine rings is 1. The molecular weight excluding hydrogens is 368 g/mol. The van der Waals surface area contributed by atoms with Gasteiger partial charge < -0.3 is 10.2 Å². The highest BCUT2D eigenvalue weighted by Gasteiger charge is 2.25. The molecule has 0 unspecified atom stereocenters. The van der Waals surface area contributed by atoms with Crippen LogP contribution in [0.25, 0.3) is 10.2 Å². The quantitative estimate of drug-likeness (QED) is 0.692. The molecule has 0 saturated carbocycles. The molecule has 2 aromatic heterocycles. The predicted molar refractivity (Wildman–Crippen MR) is 115 cm³/mol. The zero-order valence-electron chi connectivity index (χ0n) is 16.2. The molecule has 1 fully saturated rings. The van der Waals surface area contributed by atoms with Crippen LogP contribution in [-0.2, 0) is 19.4 Å². The van der Waals surface area contributed by atoms with Crippen molar-refractivity contribution in [3.8, 4) is 0 Å². The third kappa shape index (κ3) is 3.25. The number of aryl methyl sites for hydroxylation is 2. The molecular formula is C22H27N4OS+. The number of benzene rings is 1. The van der Waals surface area contributed by atoms with Crippen LogP contribution in [-0.4, -0.2) is 35.7 Å². The van der Waals surface area contributed by atoms with Gasteiger partial charge in [0.2, 0.25) is 5.95 Å². The lowest BCUT2D eigenvalue weighted by atomic mass is 10.1. The molecule has 2 N–H and O–H groups in total. The molecule has 1 aromatic carbocycles. The van der Waals surface area contributed by atoms with Gasteiger partial charge in [-0.15, -0.1) is 11.3 Å². The molecule has 146 valence electrons. The van der Waals surface area contributed by atoms with E-state index in [1.54, 1.807) is 11.3 Å². The van der Waals surface area contributed by atoms with Gasteiger partial charge in [0.25, 0.3) is 5.56 Å². The zero-order valence-corrected chi connectivity index (χ0v) is 17.0. The molecule has 1 aliphatic carbocycles. The van der Waals surface area contributed by atoms with Crippen LogP contribution in [0.1, 0.15) is 35.3 Å². The summed E-state index contributed by atoms with van der Waals surface area (Å²) in [6, 6.07) is 10.3. The van der Waals surface area contributed by atoms with Gasteiger partial charge in [-0.1, -0.05) is 36.8 Å². The number of rotatable bonds is 3. The maximum Gasteiger partial charge on any atom is 0.264 e. The molecule has 1 saturated heterocycles. The first-order valence-electron chi connectivity index (χ1n) is 10.5. The number of aromatic nitrogens is 2. The van der Waals surface area contributed by atoms with E-state index in [0.717, 1.165) is 60.7 Å². The second-order valence-electron chi connectivity index (χ2n) is 7.89. The van der Waals surface area contributed by atoms with Crippen molar-refractivity contribution in [2.45, 2.75) is 38.6 Å². The molecule has 0 amide bonds. The molecule has 6 heteroatoms. The number of fused-ring (bicyclic) bond motifs is 3. The fourth-order valence-electron chi connectivity index (χ4n) is 4.50. The van der Waals surface area contributed by atoms with Gasteiger partial charge in [0.05, 0.1) is 38.1 Å². The topological polar surface area (TPSA) is 54.7 Å². The molecule has 5 rings (SSSR count). The molecule has 3 aromatic rings. The van der Waals surface area contributed by atoms with E-state index >= 15 is 0 Å². The van der Waals surface area contributed by atoms with Gasteiger partial charge in [0, 0.05) is 4.88 Å². The van der Waals surface area contributed by atoms with Crippen LogP contribution in [0.3, 0.4) is 0 Å². The van der Waals surface area contributed by atoms with E-state index in [4.69, 9.17) is 4.98 Å². The molecule has 5 nitrogen and oxygen atoms in total. The van der Waals surface area contributed by atoms with Crippen LogP contribution < -0.4 is 15.8 Å². The SMILES string of the molecule is O=c1c2c3c(sc2nc(N2CC[NH2+]CC2)n1Cc1ccccc1)CCCCC3. The highest BCUT2D eigenvalue weighted by Crippen LogP contribution is 2.34. The van der Waals surface area contributed by atoms with Crippen LogP contribution in [0.5, 0.6) is 0 Å². The van der Waals surface area contributed by atoms with Gasteiger partial charge in [-0.25, -0.2) is 4.98 Å². The van der Waals surface area contributed by atoms with Gasteiger partial charge in [-0.2, -0.15) is 0 Å². The van der Waals surface area contributed by atoms with E-state index in [2.05, 4.69) is 22.3 Å². The lowest BCUT2D eigenvalue weighted by molar-refractivity contribution is -0.655. The highest BCUT2D eigenvalue weighted by atomic mass is 32.1. The average Bonchev–Trinajstić information content (AvgIpc) is 2.93. The Hall–Kier alpha value is -2.18. The second kappa shape index (κ2) is 7.68. The third-order valence-electron chi connectivity index (χ3n) is 5.98. The Bertz CT molecular complexity index is 1030. The number of nitrogens with two attached hydrogens (primary N) is 1. The molecule has 0 radical (unpaired) electrons. The Morgan fingerprint density at radius 2 is 1.82 bits per heavy atom. The Morgan fingerprint density at radius 3 is 2.64 bits per heavy atom. The summed E-state index contributed by atoms with van der Waals surface area (Å²) in [5.41, 5.74) is 2.59. The molecule has 0 bridgehead atoms. The van der Waals surface area contributed by atoms with Crippen molar-refractivity contribution >= 4 is 27.5 Å². The van der Waals surface area contributed by atoms with Crippen LogP contribution in [0, 0.1) is 0 Å². The van der Waals surface area contributed by atoms with E-state index in [9.17, 15) is 4.79 Å². The molecule has 0 atom stereocenters. The van der Waals surface area contributed by atoms with Gasteiger partial charge in [-0.05, 0) is 36.8 Å². The Morgan fingerprint density at radius 1 is 1.04 bits per heavy atom. The number of thiophene rings is 1. The van der Waals surface area contributed by atoms with Crippen molar-refractivity contribution in [1.82, 2.24) is 9.55 Å². The van der Waals surface area contributed by atoms with Crippen LogP contribution in [0.4, 0.5) is 5.95 Å². The summed E-state index contributed by atoms with van der Waals surface area (Å²) in [6.07, 6.45) is 5.79. The summed E-state index contributed by atoms with van der Waals surface area (Å²) < 4.78 is 1.93. The van der Waals surface area contributed by atoms with Gasteiger partial charge >= 0.3 is 0 Å². The lowest BCUT2D eigenvalue weighted by Crippen LogP contribution is -2.90. The highest BCUT2D eigenvalue weighted by molar-refractivity contribution is 7.18. The first kappa shape index (κ1) is 17.9. The standard InChI is InChI=1S/C22H26N4OS/c27-21-19-17-9-5-2-6-10-18(17)28-20(19)24-22(25-13-11-23-12-14-25)26(21)15-16-7-3-1-4-8-16/h1,3-4,7-8,23H,2,5-6,9-15H2/p+1. The number of nitrogens with zero attached hydrogens (tertiary/aromatic N) is 3. The van der Waals surface area contributed by atoms with E-state index in [1.165, 1.54) is 29.7 Å². The van der Waals surface area contributed by atoms with E-state index < -0.39 is 0 Å². The van der Waals surface area contributed by atoms with E-state index in [1.807, 2.05) is 22.8 Å². The minimum atomic E-state index is 0.151. The summed E-state index contributed by atoms with van der Waals surface area (Å²) in [4.78, 5) is 23.5. The minimum Gasteiger partial charge on any atom is -0.343 e. The summed E-state index contributed by atoms with van der Waals surface area (Å²) in [7, 11) is 0. The minimum absolute atomic E-state index is 0.151. The van der Waals surface area contributed by atoms with Gasteiger partial charge in [-0.3, -0.25) is 9.36 Å². The first-order valence-corrected chi connectivity index (χ1v) is 11.3. The van der Waals surface area contributed by atoms with E-state index in [-0.39, 0.29) is 5.56 Å². The number of hydrogen-bond donors (Lipinski definition) is 1. The van der Waals surface area contributed by atoms with Crippen molar-refractivity contribution in [2.24, 2.45) is 0 Å². The third-order valence-corrected chi connectivity index (χ3v) is 7.16. The van der Waals surface area contributed by atoms with Crippen molar-refractivity contribution in [2.75, 3.05) is 31.1 Å². The summed E-state index contributed by atoms with van der Waals surface area (Å²) in [5, 5.41) is 3.23. The Balaban J connectivity index is 1.69. The van der Waals surface area contributed by atoms with Crippen molar-refractivity contribution in [3.05, 3.63) is 56.7 Å². The average molecular weight is 396 g/mol. The molecule has 28 heavy (non-hydrogen) atoms. The predicted octanol–water partition coefficient (Wildman–Crippen LogP) is 2.16. The molecule has 2 aliphatic rings. The monoisotopic (exact) mass is 395 g/mol. The molecule has 1 aliphatic heterocycles. The van der Waals surface area contributed by atoms with Crippen molar-refractivity contribution in [1.29, 1.82) is 0 Å². The Labute approximate surface area is 169 Å². The smallest absolute Gasteiger partial charge is 0.264 e. The molecule has 3 heterocycles. The zero-order chi connectivity index (χ0) is 18.9. The van der Waals surface area contributed by atoms with Crippen molar-refractivity contribution < 1.29 is 5.32 Å². The summed E-state index contributed by atoms with van der Waals surface area (Å²) in [5.74, 6) is 0.853. The molecule has 0 spiro atoms. The normalized spacial score (nSPS) is 17.5. The first-order chi connectivity index (χ1) is 13.8. The largest absolute Gasteiger partial charge is 0.343 e. The van der Waals surface area contributed by atoms with Crippen LogP contribution in [0.2, 0.25) is 0 Å². The maximum absolute atomic E-state index is 13.7. The van der Waals surface area contributed by atoms with Crippen molar-refractivity contribution in [3.63, 3.8) is 0 Å². The second-order valence-corrected chi connectivity index (χ2v) is 8.97. The van der Waals surface area contributed by atoms with Crippen LogP contribution in [0.15, 0.2) is 35.1 Å². The van der Waals surface area contributed by atoms with Gasteiger partial charge in [0.15, 0.2) is 0 Å². The van der Waals surface area contributed by atoms with E-state index in [0.29, 0.717) is 6.54 Å². The van der Waals surface area contributed by atoms with Gasteiger partial charge in [0.1, 0.15) is 4.83 Å². The fraction of sp³-hybridized carbons (Fsp3) is 0.455. The maximum atomic E-state index is 13.7. The fourth-order valence-corrected chi connectivity index (χ4v) is 5.75. The summed E-state index contributed by atoms with van der Waals surface area (Å²) in [6.45, 7) is 4.58. The number of quaternary nitrogens is 1. The summed E-state index contributed by atoms with van der Waals surface area (Å²) >= 11 is 1.76. The Kier molecular flexibility index (Phi) is 4.91. The number of anilines is 1. The van der Waals surface area contributed by atoms with Crippen LogP contribution >= 0.6 is 11.3 Å². The lowest BCUT2D eigenvalue weighted by Gasteiger charge is -2.28. The number of hydrogen-bond acceptors (Lipinski definition) is 4.